The van der Waals surface area contributed by atoms with Crippen LogP contribution in [0.5, 0.6) is 0 Å². The summed E-state index contributed by atoms with van der Waals surface area (Å²) in [6, 6.07) is 13.1. The number of nitrogens with zero attached hydrogens (tertiary/aromatic N) is 1. The molecule has 0 amide bonds. The average Bonchev–Trinajstić information content (AvgIpc) is 2.95. The monoisotopic (exact) mass is 647 g/mol. The second kappa shape index (κ2) is 12.5. The number of aliphatic hydroxyl groups is 2. The highest BCUT2D eigenvalue weighted by Crippen LogP contribution is 2.51. The second-order valence-corrected chi connectivity index (χ2v) is 12.5. The number of aryl methyl sites for hydroxylation is 1. The van der Waals surface area contributed by atoms with Gasteiger partial charge in [0.25, 0.3) is 15.6 Å². The van der Waals surface area contributed by atoms with Crippen LogP contribution in [-0.2, 0) is 33.3 Å². The van der Waals surface area contributed by atoms with Gasteiger partial charge in [-0.05, 0) is 66.6 Å². The minimum absolute atomic E-state index is 0.123. The number of halogens is 7. The van der Waals surface area contributed by atoms with Gasteiger partial charge in [-0.15, -0.1) is 0 Å². The van der Waals surface area contributed by atoms with Crippen LogP contribution in [0.4, 0.5) is 36.4 Å². The van der Waals surface area contributed by atoms with E-state index in [0.29, 0.717) is 18.6 Å². The number of rotatable bonds is 10. The molecule has 238 valence electrons. The maximum absolute atomic E-state index is 13.8. The maximum atomic E-state index is 13.8. The SMILES string of the molecule is O=C(C[C@H](CO)Cc1ccccc1)C[C@@H]1CCc2cc(C(O)(C(F)(F)F)C(F)(F)F)ccc2N1S(=O)(=O)c1ccc(F)cc1. The highest BCUT2D eigenvalue weighted by Gasteiger charge is 2.71. The van der Waals surface area contributed by atoms with Crippen molar-refractivity contribution < 1.29 is 54.2 Å². The molecule has 44 heavy (non-hydrogen) atoms. The van der Waals surface area contributed by atoms with Crippen LogP contribution in [0.3, 0.4) is 0 Å². The normalized spacial score (nSPS) is 16.8. The number of carbonyl (C=O) groups is 1. The van der Waals surface area contributed by atoms with Gasteiger partial charge in [0.05, 0.1) is 16.6 Å². The van der Waals surface area contributed by atoms with Crippen molar-refractivity contribution in [1.82, 2.24) is 0 Å². The Labute approximate surface area is 248 Å². The molecule has 0 aliphatic carbocycles. The van der Waals surface area contributed by atoms with Crippen LogP contribution in [0.2, 0.25) is 0 Å². The van der Waals surface area contributed by atoms with Gasteiger partial charge in [0.2, 0.25) is 0 Å². The molecule has 0 unspecified atom stereocenters. The Balaban J connectivity index is 1.72. The Hall–Kier alpha value is -3.49. The van der Waals surface area contributed by atoms with Crippen LogP contribution < -0.4 is 4.31 Å². The number of ketones is 1. The Bertz CT molecular complexity index is 1560. The third kappa shape index (κ3) is 6.61. The Morgan fingerprint density at radius 3 is 2.11 bits per heavy atom. The molecule has 2 N–H and O–H groups in total. The average molecular weight is 648 g/mol. The van der Waals surface area contributed by atoms with Crippen LogP contribution in [0, 0.1) is 11.7 Å². The molecule has 0 bridgehead atoms. The second-order valence-electron chi connectivity index (χ2n) is 10.7. The summed E-state index contributed by atoms with van der Waals surface area (Å²) >= 11 is 0. The predicted molar refractivity (Wildman–Crippen MR) is 146 cm³/mol. The van der Waals surface area contributed by atoms with E-state index in [1.165, 1.54) is 0 Å². The molecule has 4 rings (SSSR count). The summed E-state index contributed by atoms with van der Waals surface area (Å²) in [5, 5.41) is 19.7. The van der Waals surface area contributed by atoms with E-state index in [2.05, 4.69) is 0 Å². The molecule has 1 heterocycles. The summed E-state index contributed by atoms with van der Waals surface area (Å²) in [4.78, 5) is 12.8. The Morgan fingerprint density at radius 1 is 0.932 bits per heavy atom. The van der Waals surface area contributed by atoms with Crippen molar-refractivity contribution >= 4 is 21.5 Å². The fraction of sp³-hybridized carbons (Fsp3) is 0.367. The van der Waals surface area contributed by atoms with Gasteiger partial charge in [0.15, 0.2) is 0 Å². The van der Waals surface area contributed by atoms with Gasteiger partial charge in [0, 0.05) is 25.0 Å². The fourth-order valence-electron chi connectivity index (χ4n) is 5.40. The molecule has 3 aromatic carbocycles. The number of benzene rings is 3. The number of alkyl halides is 6. The van der Waals surface area contributed by atoms with E-state index < -0.39 is 62.0 Å². The number of carbonyl (C=O) groups excluding carboxylic acids is 1. The van der Waals surface area contributed by atoms with Crippen molar-refractivity contribution in [3.63, 3.8) is 0 Å². The molecule has 14 heteroatoms. The zero-order valence-electron chi connectivity index (χ0n) is 22.9. The van der Waals surface area contributed by atoms with Crippen molar-refractivity contribution in [2.75, 3.05) is 10.9 Å². The van der Waals surface area contributed by atoms with Crippen molar-refractivity contribution in [1.29, 1.82) is 0 Å². The molecule has 0 spiro atoms. The van der Waals surface area contributed by atoms with E-state index in [9.17, 15) is 54.2 Å². The van der Waals surface area contributed by atoms with Crippen LogP contribution in [0.1, 0.15) is 36.0 Å². The molecule has 0 saturated carbocycles. The van der Waals surface area contributed by atoms with Crippen LogP contribution in [0.25, 0.3) is 0 Å². The molecule has 0 saturated heterocycles. The zero-order valence-corrected chi connectivity index (χ0v) is 23.8. The number of hydrogen-bond donors (Lipinski definition) is 2. The first-order valence-electron chi connectivity index (χ1n) is 13.4. The topological polar surface area (TPSA) is 94.9 Å². The van der Waals surface area contributed by atoms with Gasteiger partial charge in [0.1, 0.15) is 11.6 Å². The van der Waals surface area contributed by atoms with Gasteiger partial charge in [-0.2, -0.15) is 26.3 Å². The van der Waals surface area contributed by atoms with Crippen molar-refractivity contribution in [3.05, 3.63) is 95.3 Å². The van der Waals surface area contributed by atoms with E-state index in [-0.39, 0.29) is 43.5 Å². The summed E-state index contributed by atoms with van der Waals surface area (Å²) in [5.74, 6) is -1.67. The molecular weight excluding hydrogens is 619 g/mol. The van der Waals surface area contributed by atoms with Crippen molar-refractivity contribution in [2.45, 2.75) is 61.0 Å². The minimum atomic E-state index is -6.15. The van der Waals surface area contributed by atoms with Crippen LogP contribution >= 0.6 is 0 Å². The van der Waals surface area contributed by atoms with Gasteiger partial charge in [-0.1, -0.05) is 42.5 Å². The van der Waals surface area contributed by atoms with Crippen molar-refractivity contribution in [2.24, 2.45) is 5.92 Å². The molecule has 2 atom stereocenters. The molecule has 0 fully saturated rings. The van der Waals surface area contributed by atoms with Gasteiger partial charge >= 0.3 is 12.4 Å². The predicted octanol–water partition coefficient (Wildman–Crippen LogP) is 5.85. The smallest absolute Gasteiger partial charge is 0.396 e. The number of aliphatic hydroxyl groups excluding tert-OH is 1. The van der Waals surface area contributed by atoms with Gasteiger partial charge in [-0.25, -0.2) is 12.8 Å². The first-order chi connectivity index (χ1) is 20.5. The number of anilines is 1. The lowest BCUT2D eigenvalue weighted by Gasteiger charge is -2.39. The van der Waals surface area contributed by atoms with Crippen LogP contribution in [0.15, 0.2) is 77.7 Å². The summed E-state index contributed by atoms with van der Waals surface area (Å²) in [7, 11) is -4.62. The largest absolute Gasteiger partial charge is 0.430 e. The zero-order chi connectivity index (χ0) is 32.5. The standard InChI is InChI=1S/C30H28F7NO5S/c31-23-8-11-26(12-9-23)44(42,43)38-24(17-25(40)15-20(18-39)14-19-4-2-1-3-5-19)10-6-21-16-22(7-13-27(21)38)28(41,29(32,33)34)30(35,36)37/h1-5,7-9,11-13,16,20,24,39,41H,6,10,14-15,17-18H2/t20-,24+/m1/s1. The van der Waals surface area contributed by atoms with E-state index in [1.54, 1.807) is 18.2 Å². The number of fused-ring (bicyclic) bond motifs is 1. The number of Topliss-reactive ketones (excluding diaryl/α,β-unsaturated/α-hetero) is 1. The molecule has 1 aliphatic rings. The number of sulfonamides is 1. The maximum Gasteiger partial charge on any atom is 0.430 e. The third-order valence-corrected chi connectivity index (χ3v) is 9.49. The van der Waals surface area contributed by atoms with Gasteiger partial charge in [-0.3, -0.25) is 9.10 Å². The molecule has 6 nitrogen and oxygen atoms in total. The Kier molecular flexibility index (Phi) is 9.48. The third-order valence-electron chi connectivity index (χ3n) is 7.61. The van der Waals surface area contributed by atoms with E-state index >= 15 is 0 Å². The lowest BCUT2D eigenvalue weighted by Crippen LogP contribution is -2.54. The highest BCUT2D eigenvalue weighted by molar-refractivity contribution is 7.92. The molecule has 0 radical (unpaired) electrons. The van der Waals surface area contributed by atoms with E-state index in [0.717, 1.165) is 40.2 Å². The first-order valence-corrected chi connectivity index (χ1v) is 14.9. The summed E-state index contributed by atoms with van der Waals surface area (Å²) in [6.07, 6.45) is -12.8. The Morgan fingerprint density at radius 2 is 1.55 bits per heavy atom. The summed E-state index contributed by atoms with van der Waals surface area (Å²) in [6.45, 7) is -0.337. The summed E-state index contributed by atoms with van der Waals surface area (Å²) in [5.41, 5.74) is -6.42. The molecule has 3 aromatic rings. The lowest BCUT2D eigenvalue weighted by atomic mass is 9.86. The molecule has 0 aromatic heterocycles. The molecule has 1 aliphatic heterocycles. The fourth-order valence-corrected chi connectivity index (χ4v) is 7.11. The highest BCUT2D eigenvalue weighted by atomic mass is 32.2. The van der Waals surface area contributed by atoms with Crippen molar-refractivity contribution in [3.8, 4) is 0 Å². The van der Waals surface area contributed by atoms with Gasteiger partial charge < -0.3 is 10.2 Å². The number of hydrogen-bond acceptors (Lipinski definition) is 5. The van der Waals surface area contributed by atoms with E-state index in [1.807, 2.05) is 12.1 Å². The molecular formula is C30H28F7NO5S. The quantitative estimate of drug-likeness (QED) is 0.270. The lowest BCUT2D eigenvalue weighted by molar-refractivity contribution is -0.376. The van der Waals surface area contributed by atoms with Crippen LogP contribution in [-0.4, -0.2) is 49.4 Å². The first kappa shape index (κ1) is 33.4. The summed E-state index contributed by atoms with van der Waals surface area (Å²) < 4.78 is 123. The minimum Gasteiger partial charge on any atom is -0.396 e. The van der Waals surface area contributed by atoms with E-state index in [4.69, 9.17) is 0 Å².